The van der Waals surface area contributed by atoms with E-state index in [1.807, 2.05) is 0 Å². The molecule has 2 atom stereocenters. The van der Waals surface area contributed by atoms with E-state index in [2.05, 4.69) is 0 Å². The molecule has 112 valence electrons. The van der Waals surface area contributed by atoms with Crippen LogP contribution in [-0.2, 0) is 9.47 Å². The van der Waals surface area contributed by atoms with E-state index >= 15 is 0 Å². The number of cyclic esters (lactones) is 2. The van der Waals surface area contributed by atoms with Gasteiger partial charge in [-0.2, -0.15) is 0 Å². The van der Waals surface area contributed by atoms with Gasteiger partial charge in [-0.25, -0.2) is 4.79 Å². The van der Waals surface area contributed by atoms with Gasteiger partial charge in [-0.15, -0.1) is 0 Å². The van der Waals surface area contributed by atoms with E-state index in [0.29, 0.717) is 21.2 Å². The topological polar surface area (TPSA) is 52.6 Å². The van der Waals surface area contributed by atoms with Crippen molar-refractivity contribution in [1.29, 1.82) is 0 Å². The molecule has 22 heavy (non-hydrogen) atoms. The van der Waals surface area contributed by atoms with Gasteiger partial charge in [0.1, 0.15) is 0 Å². The molecule has 0 unspecified atom stereocenters. The maximum absolute atomic E-state index is 12.5. The summed E-state index contributed by atoms with van der Waals surface area (Å²) in [6.45, 7) is 0. The molecule has 0 amide bonds. The molecule has 1 fully saturated rings. The fourth-order valence-electron chi connectivity index (χ4n) is 2.28. The molecule has 0 bridgehead atoms. The van der Waals surface area contributed by atoms with Gasteiger partial charge < -0.3 is 9.47 Å². The first-order valence-corrected chi connectivity index (χ1v) is 7.23. The Labute approximate surface area is 136 Å². The molecule has 0 aliphatic carbocycles. The second-order valence-corrected chi connectivity index (χ2v) is 5.57. The predicted molar refractivity (Wildman–Crippen MR) is 81.3 cm³/mol. The van der Waals surface area contributed by atoms with E-state index in [4.69, 9.17) is 32.7 Å². The van der Waals surface area contributed by atoms with Crippen LogP contribution in [0.5, 0.6) is 0 Å². The quantitative estimate of drug-likeness (QED) is 0.613. The number of ether oxygens (including phenoxy) is 2. The van der Waals surface area contributed by atoms with Crippen molar-refractivity contribution in [2.75, 3.05) is 0 Å². The zero-order valence-electron chi connectivity index (χ0n) is 11.2. The Morgan fingerprint density at radius 1 is 1.00 bits per heavy atom. The summed E-state index contributed by atoms with van der Waals surface area (Å²) in [5.41, 5.74) is 0.909. The molecule has 4 nitrogen and oxygen atoms in total. The molecule has 2 aromatic carbocycles. The maximum Gasteiger partial charge on any atom is 0.509 e. The van der Waals surface area contributed by atoms with Crippen LogP contribution in [0.2, 0.25) is 10.0 Å². The average molecular weight is 337 g/mol. The molecule has 0 saturated carbocycles. The smallest absolute Gasteiger partial charge is 0.421 e. The molecule has 0 N–H and O–H groups in total. The molecule has 2 aromatic rings. The number of hydrogen-bond acceptors (Lipinski definition) is 4. The highest BCUT2D eigenvalue weighted by Gasteiger charge is 2.43. The minimum atomic E-state index is -1.08. The molecule has 1 aliphatic rings. The molecule has 0 aromatic heterocycles. The summed E-state index contributed by atoms with van der Waals surface area (Å²) in [7, 11) is 0. The van der Waals surface area contributed by atoms with Gasteiger partial charge in [0.15, 0.2) is 6.10 Å². The third kappa shape index (κ3) is 2.80. The van der Waals surface area contributed by atoms with E-state index in [1.54, 1.807) is 42.5 Å². The van der Waals surface area contributed by atoms with Gasteiger partial charge >= 0.3 is 6.16 Å². The van der Waals surface area contributed by atoms with Gasteiger partial charge in [-0.1, -0.05) is 59.6 Å². The van der Waals surface area contributed by atoms with E-state index in [-0.39, 0.29) is 5.78 Å². The molecule has 0 spiro atoms. The van der Waals surface area contributed by atoms with E-state index in [9.17, 15) is 9.59 Å². The van der Waals surface area contributed by atoms with Gasteiger partial charge in [-0.05, 0) is 12.1 Å². The van der Waals surface area contributed by atoms with Crippen molar-refractivity contribution in [2.45, 2.75) is 12.2 Å². The summed E-state index contributed by atoms with van der Waals surface area (Å²) in [6.07, 6.45) is -2.87. The predicted octanol–water partition coefficient (Wildman–Crippen LogP) is 4.45. The fraction of sp³-hybridized carbons (Fsp3) is 0.125. The van der Waals surface area contributed by atoms with Crippen molar-refractivity contribution < 1.29 is 19.1 Å². The van der Waals surface area contributed by atoms with Gasteiger partial charge in [-0.3, -0.25) is 4.79 Å². The molecule has 1 heterocycles. The zero-order valence-corrected chi connectivity index (χ0v) is 12.7. The second kappa shape index (κ2) is 5.99. The zero-order chi connectivity index (χ0) is 15.7. The summed E-state index contributed by atoms with van der Waals surface area (Å²) in [4.78, 5) is 24.0. The van der Waals surface area contributed by atoms with Gasteiger partial charge in [0.05, 0.1) is 0 Å². The summed E-state index contributed by atoms with van der Waals surface area (Å²) in [5, 5.41) is 0.756. The molecular weight excluding hydrogens is 327 g/mol. The van der Waals surface area contributed by atoms with Crippen LogP contribution in [0, 0.1) is 0 Å². The van der Waals surface area contributed by atoms with Crippen molar-refractivity contribution in [1.82, 2.24) is 0 Å². The van der Waals surface area contributed by atoms with Gasteiger partial charge in [0.2, 0.25) is 11.9 Å². The Hall–Kier alpha value is -2.04. The summed E-state index contributed by atoms with van der Waals surface area (Å²) < 4.78 is 10.1. The third-order valence-electron chi connectivity index (χ3n) is 3.31. The highest BCUT2D eigenvalue weighted by Crippen LogP contribution is 2.36. The van der Waals surface area contributed by atoms with Crippen LogP contribution in [0.4, 0.5) is 4.79 Å². The lowest BCUT2D eigenvalue weighted by Crippen LogP contribution is -2.26. The lowest BCUT2D eigenvalue weighted by molar-refractivity contribution is 0.0716. The van der Waals surface area contributed by atoms with Crippen molar-refractivity contribution >= 4 is 35.1 Å². The highest BCUT2D eigenvalue weighted by atomic mass is 35.5. The van der Waals surface area contributed by atoms with Crippen LogP contribution >= 0.6 is 23.2 Å². The molecular formula is C16H10Cl2O4. The van der Waals surface area contributed by atoms with Crippen LogP contribution in [0.25, 0.3) is 0 Å². The Kier molecular flexibility index (Phi) is 4.05. The van der Waals surface area contributed by atoms with Crippen LogP contribution in [0.1, 0.15) is 22.0 Å². The normalized spacial score (nSPS) is 20.4. The first kappa shape index (κ1) is 14.9. The van der Waals surface area contributed by atoms with E-state index < -0.39 is 18.4 Å². The molecule has 3 rings (SSSR count). The highest BCUT2D eigenvalue weighted by molar-refractivity contribution is 6.35. The number of hydrogen-bond donors (Lipinski definition) is 0. The molecule has 1 aliphatic heterocycles. The van der Waals surface area contributed by atoms with Crippen LogP contribution < -0.4 is 0 Å². The SMILES string of the molecule is O=C1O[C@@H](C(=O)c2ccccc2)[C@H](c2ccc(Cl)cc2Cl)O1. The van der Waals surface area contributed by atoms with Gasteiger partial charge in [0.25, 0.3) is 0 Å². The number of halogens is 2. The van der Waals surface area contributed by atoms with Crippen LogP contribution in [-0.4, -0.2) is 18.0 Å². The Morgan fingerprint density at radius 3 is 2.41 bits per heavy atom. The van der Waals surface area contributed by atoms with Gasteiger partial charge in [0, 0.05) is 21.2 Å². The minimum absolute atomic E-state index is 0.307. The molecule has 0 radical (unpaired) electrons. The monoisotopic (exact) mass is 336 g/mol. The standard InChI is InChI=1S/C16H10Cl2O4/c17-10-6-7-11(12(18)8-10)14-15(22-16(20)21-14)13(19)9-4-2-1-3-5-9/h1-8,14-15H/t14-,15-/m0/s1. The van der Waals surface area contributed by atoms with E-state index in [1.165, 1.54) is 6.07 Å². The van der Waals surface area contributed by atoms with Crippen molar-refractivity contribution in [3.05, 3.63) is 69.7 Å². The van der Waals surface area contributed by atoms with Crippen molar-refractivity contribution in [3.63, 3.8) is 0 Å². The van der Waals surface area contributed by atoms with E-state index in [0.717, 1.165) is 0 Å². The summed E-state index contributed by atoms with van der Waals surface area (Å²) >= 11 is 12.0. The lowest BCUT2D eigenvalue weighted by Gasteiger charge is -2.16. The number of rotatable bonds is 3. The number of benzene rings is 2. The maximum atomic E-state index is 12.5. The lowest BCUT2D eigenvalue weighted by atomic mass is 9.97. The van der Waals surface area contributed by atoms with Crippen LogP contribution in [0.3, 0.4) is 0 Å². The first-order chi connectivity index (χ1) is 10.6. The fourth-order valence-corrected chi connectivity index (χ4v) is 2.79. The summed E-state index contributed by atoms with van der Waals surface area (Å²) in [5.74, 6) is -0.345. The second-order valence-electron chi connectivity index (χ2n) is 4.72. The third-order valence-corrected chi connectivity index (χ3v) is 3.87. The number of carbonyl (C=O) groups is 2. The largest absolute Gasteiger partial charge is 0.509 e. The van der Waals surface area contributed by atoms with Crippen LogP contribution in [0.15, 0.2) is 48.5 Å². The molecule has 6 heteroatoms. The number of ketones is 1. The Bertz CT molecular complexity index is 730. The first-order valence-electron chi connectivity index (χ1n) is 6.48. The molecule has 1 saturated heterocycles. The minimum Gasteiger partial charge on any atom is -0.421 e. The van der Waals surface area contributed by atoms with Crippen molar-refractivity contribution in [2.24, 2.45) is 0 Å². The van der Waals surface area contributed by atoms with Crippen molar-refractivity contribution in [3.8, 4) is 0 Å². The number of carbonyl (C=O) groups excluding carboxylic acids is 2. The number of Topliss-reactive ketones (excluding diaryl/α,β-unsaturated/α-hetero) is 1. The average Bonchev–Trinajstić information content (AvgIpc) is 2.89. The Balaban J connectivity index is 1.96. The Morgan fingerprint density at radius 2 is 1.73 bits per heavy atom. The summed E-state index contributed by atoms with van der Waals surface area (Å²) in [6, 6.07) is 13.3.